The summed E-state index contributed by atoms with van der Waals surface area (Å²) < 4.78 is 0. The van der Waals surface area contributed by atoms with E-state index in [-0.39, 0.29) is 11.9 Å². The Labute approximate surface area is 154 Å². The van der Waals surface area contributed by atoms with Crippen LogP contribution in [0.4, 0.5) is 5.69 Å². The van der Waals surface area contributed by atoms with E-state index in [1.807, 2.05) is 71.6 Å². The molecule has 0 aromatic heterocycles. The van der Waals surface area contributed by atoms with Crippen molar-refractivity contribution in [2.45, 2.75) is 25.6 Å². The van der Waals surface area contributed by atoms with E-state index in [9.17, 15) is 4.79 Å². The Bertz CT molecular complexity index is 921. The number of amides is 1. The molecule has 1 atom stereocenters. The molecule has 3 aromatic rings. The normalized spacial score (nSPS) is 19.0. The van der Waals surface area contributed by atoms with Crippen LogP contribution in [0.3, 0.4) is 0 Å². The monoisotopic (exact) mass is 342 g/mol. The highest BCUT2D eigenvalue weighted by molar-refractivity contribution is 6.12. The molecule has 0 fully saturated rings. The summed E-state index contributed by atoms with van der Waals surface area (Å²) in [6.45, 7) is 4.22. The van der Waals surface area contributed by atoms with Crippen LogP contribution in [-0.2, 0) is 5.66 Å². The van der Waals surface area contributed by atoms with E-state index in [0.29, 0.717) is 0 Å². The van der Waals surface area contributed by atoms with Crippen molar-refractivity contribution >= 4 is 11.6 Å². The number of benzene rings is 3. The zero-order chi connectivity index (χ0) is 18.1. The lowest BCUT2D eigenvalue weighted by atomic mass is 9.89. The van der Waals surface area contributed by atoms with Crippen LogP contribution in [0, 0.1) is 0 Å². The molecule has 0 aliphatic carbocycles. The lowest BCUT2D eigenvalue weighted by molar-refractivity contribution is 0.0975. The number of rotatable bonds is 4. The quantitative estimate of drug-likeness (QED) is 0.754. The van der Waals surface area contributed by atoms with E-state index in [1.54, 1.807) is 0 Å². The lowest BCUT2D eigenvalue weighted by Gasteiger charge is -2.42. The first-order valence-electron chi connectivity index (χ1n) is 8.97. The number of para-hydroxylation sites is 1. The van der Waals surface area contributed by atoms with Crippen molar-refractivity contribution in [1.82, 2.24) is 5.32 Å². The van der Waals surface area contributed by atoms with E-state index in [1.165, 1.54) is 0 Å². The van der Waals surface area contributed by atoms with Gasteiger partial charge >= 0.3 is 0 Å². The standard InChI is InChI=1S/C23H22N2O/c1-17(2)24-23(18-11-5-3-6-12-18)21-16-10-9-15-20(21)22(26)25(23)19-13-7-4-8-14-19/h3-17,24H,1-2H3. The minimum Gasteiger partial charge on any atom is -0.284 e. The Hall–Kier alpha value is -2.91. The van der Waals surface area contributed by atoms with Crippen LogP contribution in [-0.4, -0.2) is 11.9 Å². The van der Waals surface area contributed by atoms with Crippen molar-refractivity contribution < 1.29 is 4.79 Å². The van der Waals surface area contributed by atoms with Gasteiger partial charge < -0.3 is 0 Å². The number of hydrogen-bond donors (Lipinski definition) is 1. The SMILES string of the molecule is CC(C)NC1(c2ccccc2)c2ccccc2C(=O)N1c1ccccc1. The number of fused-ring (bicyclic) bond motifs is 1. The fourth-order valence-electron chi connectivity index (χ4n) is 3.87. The van der Waals surface area contributed by atoms with Crippen molar-refractivity contribution in [2.24, 2.45) is 0 Å². The maximum Gasteiger partial charge on any atom is 0.260 e. The molecule has 1 amide bonds. The molecule has 0 radical (unpaired) electrons. The number of nitrogens with zero attached hydrogens (tertiary/aromatic N) is 1. The topological polar surface area (TPSA) is 32.3 Å². The molecule has 0 saturated carbocycles. The van der Waals surface area contributed by atoms with Crippen molar-refractivity contribution in [3.05, 3.63) is 102 Å². The van der Waals surface area contributed by atoms with Gasteiger partial charge in [-0.25, -0.2) is 0 Å². The number of nitrogens with one attached hydrogen (secondary N) is 1. The summed E-state index contributed by atoms with van der Waals surface area (Å²) in [5.74, 6) is 0.0174. The average Bonchev–Trinajstić information content (AvgIpc) is 2.92. The Balaban J connectivity index is 2.05. The van der Waals surface area contributed by atoms with Gasteiger partial charge in [0.15, 0.2) is 5.66 Å². The predicted molar refractivity (Wildman–Crippen MR) is 105 cm³/mol. The number of hydrogen-bond acceptors (Lipinski definition) is 2. The summed E-state index contributed by atoms with van der Waals surface area (Å²) in [5.41, 5.74) is 2.94. The van der Waals surface area contributed by atoms with Crippen LogP contribution >= 0.6 is 0 Å². The average molecular weight is 342 g/mol. The second kappa shape index (κ2) is 6.43. The number of anilines is 1. The first-order valence-corrected chi connectivity index (χ1v) is 8.97. The number of carbonyl (C=O) groups excluding carboxylic acids is 1. The molecule has 26 heavy (non-hydrogen) atoms. The van der Waals surface area contributed by atoms with Crippen LogP contribution in [0.15, 0.2) is 84.9 Å². The Morgan fingerprint density at radius 3 is 2.04 bits per heavy atom. The van der Waals surface area contributed by atoms with Crippen molar-refractivity contribution in [3.63, 3.8) is 0 Å². The summed E-state index contributed by atoms with van der Waals surface area (Å²) in [4.78, 5) is 15.3. The van der Waals surface area contributed by atoms with Crippen LogP contribution in [0.5, 0.6) is 0 Å². The Kier molecular flexibility index (Phi) is 4.09. The van der Waals surface area contributed by atoms with Crippen molar-refractivity contribution in [3.8, 4) is 0 Å². The smallest absolute Gasteiger partial charge is 0.260 e. The van der Waals surface area contributed by atoms with Crippen LogP contribution in [0.25, 0.3) is 0 Å². The molecular weight excluding hydrogens is 320 g/mol. The van der Waals surface area contributed by atoms with Gasteiger partial charge in [0.05, 0.1) is 0 Å². The largest absolute Gasteiger partial charge is 0.284 e. The third-order valence-electron chi connectivity index (χ3n) is 4.79. The molecular formula is C23H22N2O. The first kappa shape index (κ1) is 16.6. The highest BCUT2D eigenvalue weighted by Gasteiger charge is 2.51. The minimum absolute atomic E-state index is 0.0174. The van der Waals surface area contributed by atoms with Gasteiger partial charge in [-0.1, -0.05) is 66.7 Å². The highest BCUT2D eigenvalue weighted by atomic mass is 16.2. The molecule has 4 rings (SSSR count). The zero-order valence-corrected chi connectivity index (χ0v) is 15.0. The molecule has 3 aromatic carbocycles. The third-order valence-corrected chi connectivity index (χ3v) is 4.79. The molecule has 0 bridgehead atoms. The van der Waals surface area contributed by atoms with Gasteiger partial charge in [-0.15, -0.1) is 0 Å². The maximum absolute atomic E-state index is 13.5. The molecule has 130 valence electrons. The van der Waals surface area contributed by atoms with Gasteiger partial charge in [0.2, 0.25) is 0 Å². The third kappa shape index (κ3) is 2.44. The Morgan fingerprint density at radius 1 is 0.808 bits per heavy atom. The van der Waals surface area contributed by atoms with Gasteiger partial charge in [-0.2, -0.15) is 0 Å². The number of carbonyl (C=O) groups is 1. The summed E-state index contributed by atoms with van der Waals surface area (Å²) in [6, 6.07) is 28.2. The zero-order valence-electron chi connectivity index (χ0n) is 15.0. The van der Waals surface area contributed by atoms with Crippen LogP contribution in [0.1, 0.15) is 35.3 Å². The summed E-state index contributed by atoms with van der Waals surface area (Å²) in [6.07, 6.45) is 0. The van der Waals surface area contributed by atoms with Crippen molar-refractivity contribution in [2.75, 3.05) is 4.90 Å². The maximum atomic E-state index is 13.5. The van der Waals surface area contributed by atoms with Gasteiger partial charge in [0.25, 0.3) is 5.91 Å². The molecule has 1 unspecified atom stereocenters. The van der Waals surface area contributed by atoms with Crippen LogP contribution < -0.4 is 10.2 Å². The molecule has 0 saturated heterocycles. The Morgan fingerprint density at radius 2 is 1.38 bits per heavy atom. The molecule has 3 heteroatoms. The molecule has 1 heterocycles. The van der Waals surface area contributed by atoms with Crippen molar-refractivity contribution in [1.29, 1.82) is 0 Å². The van der Waals surface area contributed by atoms with Gasteiger partial charge in [-0.05, 0) is 37.6 Å². The second-order valence-electron chi connectivity index (χ2n) is 6.90. The van der Waals surface area contributed by atoms with Gasteiger partial charge in [0, 0.05) is 22.9 Å². The van der Waals surface area contributed by atoms with Crippen LogP contribution in [0.2, 0.25) is 0 Å². The van der Waals surface area contributed by atoms with E-state index in [4.69, 9.17) is 0 Å². The van der Waals surface area contributed by atoms with Gasteiger partial charge in [-0.3, -0.25) is 15.0 Å². The fraction of sp³-hybridized carbons (Fsp3) is 0.174. The molecule has 1 N–H and O–H groups in total. The first-order chi connectivity index (χ1) is 12.6. The summed E-state index contributed by atoms with van der Waals surface area (Å²) in [7, 11) is 0. The molecule has 3 nitrogen and oxygen atoms in total. The van der Waals surface area contributed by atoms with E-state index >= 15 is 0 Å². The van der Waals surface area contributed by atoms with E-state index in [2.05, 4.69) is 37.4 Å². The van der Waals surface area contributed by atoms with E-state index in [0.717, 1.165) is 22.4 Å². The molecule has 1 aliphatic heterocycles. The fourth-order valence-corrected chi connectivity index (χ4v) is 3.87. The lowest BCUT2D eigenvalue weighted by Crippen LogP contribution is -2.57. The molecule has 0 spiro atoms. The summed E-state index contributed by atoms with van der Waals surface area (Å²) in [5, 5.41) is 3.71. The highest BCUT2D eigenvalue weighted by Crippen LogP contribution is 2.45. The molecule has 1 aliphatic rings. The predicted octanol–water partition coefficient (Wildman–Crippen LogP) is 4.55. The van der Waals surface area contributed by atoms with Gasteiger partial charge in [0.1, 0.15) is 0 Å². The second-order valence-corrected chi connectivity index (χ2v) is 6.90. The summed E-state index contributed by atoms with van der Waals surface area (Å²) >= 11 is 0. The van der Waals surface area contributed by atoms with E-state index < -0.39 is 5.66 Å². The minimum atomic E-state index is -0.732.